The smallest absolute Gasteiger partial charge is 0.329 e. The van der Waals surface area contributed by atoms with Crippen LogP contribution in [0.4, 0.5) is 0 Å². The summed E-state index contributed by atoms with van der Waals surface area (Å²) in [5, 5.41) is 11.1. The van der Waals surface area contributed by atoms with Crippen molar-refractivity contribution < 1.29 is 0 Å². The lowest BCUT2D eigenvalue weighted by Crippen LogP contribution is -2.38. The summed E-state index contributed by atoms with van der Waals surface area (Å²) in [5.41, 5.74) is 7.08. The molecule has 9 heteroatoms. The third-order valence-electron chi connectivity index (χ3n) is 4.92. The van der Waals surface area contributed by atoms with Crippen LogP contribution in [0.15, 0.2) is 34.1 Å². The van der Waals surface area contributed by atoms with E-state index in [-0.39, 0.29) is 6.04 Å². The van der Waals surface area contributed by atoms with Crippen LogP contribution in [0, 0.1) is 5.41 Å². The molecule has 3 aromatic heterocycles. The van der Waals surface area contributed by atoms with Crippen molar-refractivity contribution in [3.05, 3.63) is 51.1 Å². The van der Waals surface area contributed by atoms with Gasteiger partial charge in [-0.05, 0) is 38.1 Å². The fourth-order valence-corrected chi connectivity index (χ4v) is 3.57. The number of nitrogens with two attached hydrogens (primary N) is 1. The molecule has 0 aliphatic carbocycles. The molecular formula is C18H19N7O2. The van der Waals surface area contributed by atoms with Gasteiger partial charge in [0.25, 0.3) is 5.56 Å². The summed E-state index contributed by atoms with van der Waals surface area (Å²) in [4.78, 5) is 36.4. The standard InChI is InChI=1S/C18H19N7O2/c19-7-10(8-20)13-1-2-14-15(23-13)16-12(9-22-14)17(26)24-18(27)25(16)11-3-5-21-6-4-11/h1-2,7-9,11,19,21H,3-6,20H2,(H,24,26,27). The molecule has 1 aliphatic heterocycles. The first-order chi connectivity index (χ1) is 13.1. The van der Waals surface area contributed by atoms with Gasteiger partial charge in [-0.3, -0.25) is 19.3 Å². The number of piperidine rings is 1. The predicted molar refractivity (Wildman–Crippen MR) is 104 cm³/mol. The van der Waals surface area contributed by atoms with Gasteiger partial charge in [-0.1, -0.05) is 0 Å². The van der Waals surface area contributed by atoms with E-state index in [9.17, 15) is 9.59 Å². The number of nitrogens with one attached hydrogen (secondary N) is 3. The molecule has 0 atom stereocenters. The molecule has 27 heavy (non-hydrogen) atoms. The quantitative estimate of drug-likeness (QED) is 0.393. The summed E-state index contributed by atoms with van der Waals surface area (Å²) in [6.07, 6.45) is 5.44. The Kier molecular flexibility index (Phi) is 4.28. The van der Waals surface area contributed by atoms with Crippen LogP contribution in [-0.2, 0) is 0 Å². The van der Waals surface area contributed by atoms with Crippen LogP contribution in [0.3, 0.4) is 0 Å². The van der Waals surface area contributed by atoms with E-state index in [2.05, 4.69) is 20.3 Å². The number of hydrogen-bond donors (Lipinski definition) is 4. The number of allylic oxidation sites excluding steroid dienone is 1. The first kappa shape index (κ1) is 17.1. The molecule has 4 rings (SSSR count). The highest BCUT2D eigenvalue weighted by atomic mass is 16.2. The van der Waals surface area contributed by atoms with Crippen molar-refractivity contribution in [1.29, 1.82) is 5.41 Å². The van der Waals surface area contributed by atoms with Crippen molar-refractivity contribution in [1.82, 2.24) is 24.8 Å². The third kappa shape index (κ3) is 2.81. The Labute approximate surface area is 153 Å². The van der Waals surface area contributed by atoms with Crippen LogP contribution in [0.25, 0.3) is 27.5 Å². The summed E-state index contributed by atoms with van der Waals surface area (Å²) >= 11 is 0. The van der Waals surface area contributed by atoms with E-state index in [1.54, 1.807) is 16.7 Å². The molecule has 0 radical (unpaired) electrons. The number of aromatic nitrogens is 4. The molecule has 138 valence electrons. The number of hydrogen-bond acceptors (Lipinski definition) is 7. The second-order valence-electron chi connectivity index (χ2n) is 6.46. The average Bonchev–Trinajstić information content (AvgIpc) is 2.69. The van der Waals surface area contributed by atoms with E-state index in [1.807, 2.05) is 0 Å². The largest absolute Gasteiger partial charge is 0.404 e. The van der Waals surface area contributed by atoms with Gasteiger partial charge in [-0.2, -0.15) is 0 Å². The predicted octanol–water partition coefficient (Wildman–Crippen LogP) is 0.507. The number of nitrogens with zero attached hydrogens (tertiary/aromatic N) is 3. The minimum Gasteiger partial charge on any atom is -0.404 e. The minimum atomic E-state index is -0.483. The zero-order valence-electron chi connectivity index (χ0n) is 14.5. The van der Waals surface area contributed by atoms with Crippen LogP contribution >= 0.6 is 0 Å². The topological polar surface area (TPSA) is 143 Å². The molecule has 0 spiro atoms. The second kappa shape index (κ2) is 6.76. The van der Waals surface area contributed by atoms with Gasteiger partial charge in [0.2, 0.25) is 0 Å². The van der Waals surface area contributed by atoms with Gasteiger partial charge in [0.1, 0.15) is 5.52 Å². The van der Waals surface area contributed by atoms with Crippen molar-refractivity contribution in [2.45, 2.75) is 18.9 Å². The van der Waals surface area contributed by atoms with Crippen molar-refractivity contribution >= 4 is 33.7 Å². The monoisotopic (exact) mass is 365 g/mol. The average molecular weight is 365 g/mol. The van der Waals surface area contributed by atoms with E-state index in [1.165, 1.54) is 12.4 Å². The summed E-state index contributed by atoms with van der Waals surface area (Å²) < 4.78 is 1.63. The van der Waals surface area contributed by atoms with Gasteiger partial charge in [0, 0.05) is 30.2 Å². The summed E-state index contributed by atoms with van der Waals surface area (Å²) in [7, 11) is 0. The Bertz CT molecular complexity index is 1190. The third-order valence-corrected chi connectivity index (χ3v) is 4.92. The molecule has 5 N–H and O–H groups in total. The van der Waals surface area contributed by atoms with Crippen LogP contribution in [0.5, 0.6) is 0 Å². The lowest BCUT2D eigenvalue weighted by Gasteiger charge is -2.26. The highest BCUT2D eigenvalue weighted by molar-refractivity contribution is 6.09. The molecule has 0 aromatic carbocycles. The highest BCUT2D eigenvalue weighted by Crippen LogP contribution is 2.26. The van der Waals surface area contributed by atoms with E-state index in [0.717, 1.165) is 32.1 Å². The summed E-state index contributed by atoms with van der Waals surface area (Å²) in [6, 6.07) is 3.43. The van der Waals surface area contributed by atoms with Gasteiger partial charge in [-0.15, -0.1) is 0 Å². The van der Waals surface area contributed by atoms with E-state index in [0.29, 0.717) is 33.2 Å². The fraction of sp³-hybridized carbons (Fsp3) is 0.278. The number of pyridine rings is 2. The summed E-state index contributed by atoms with van der Waals surface area (Å²) in [6.45, 7) is 1.60. The van der Waals surface area contributed by atoms with Crippen LogP contribution in [0.2, 0.25) is 0 Å². The number of aromatic amines is 1. The molecule has 0 unspecified atom stereocenters. The number of rotatable bonds is 3. The van der Waals surface area contributed by atoms with Gasteiger partial charge in [0.15, 0.2) is 0 Å². The second-order valence-corrected chi connectivity index (χ2v) is 6.46. The van der Waals surface area contributed by atoms with Crippen molar-refractivity contribution in [2.75, 3.05) is 13.1 Å². The lowest BCUT2D eigenvalue weighted by atomic mass is 10.1. The Hall–Kier alpha value is -3.33. The van der Waals surface area contributed by atoms with Gasteiger partial charge >= 0.3 is 5.69 Å². The molecule has 3 aromatic rings. The Morgan fingerprint density at radius 2 is 2.07 bits per heavy atom. The molecule has 1 saturated heterocycles. The van der Waals surface area contributed by atoms with Crippen molar-refractivity contribution in [2.24, 2.45) is 5.73 Å². The Morgan fingerprint density at radius 3 is 2.78 bits per heavy atom. The lowest BCUT2D eigenvalue weighted by molar-refractivity contribution is 0.365. The van der Waals surface area contributed by atoms with E-state index < -0.39 is 11.2 Å². The van der Waals surface area contributed by atoms with Gasteiger partial charge in [0.05, 0.1) is 22.1 Å². The SMILES string of the molecule is N=CC(=CN)c1ccc2ncc3c(=O)[nH]c(=O)n(C4CCNCC4)c3c2n1. The van der Waals surface area contributed by atoms with Gasteiger partial charge in [-0.25, -0.2) is 9.78 Å². The van der Waals surface area contributed by atoms with E-state index in [4.69, 9.17) is 11.1 Å². The fourth-order valence-electron chi connectivity index (χ4n) is 3.57. The highest BCUT2D eigenvalue weighted by Gasteiger charge is 2.22. The molecule has 1 aliphatic rings. The first-order valence-electron chi connectivity index (χ1n) is 8.72. The maximum atomic E-state index is 12.7. The molecule has 0 saturated carbocycles. The molecule has 1 fully saturated rings. The number of H-pyrrole nitrogens is 1. The molecule has 9 nitrogen and oxygen atoms in total. The zero-order valence-corrected chi connectivity index (χ0v) is 14.5. The first-order valence-corrected chi connectivity index (χ1v) is 8.72. The van der Waals surface area contributed by atoms with E-state index >= 15 is 0 Å². The minimum absolute atomic E-state index is 0.0404. The van der Waals surface area contributed by atoms with Crippen LogP contribution in [-0.4, -0.2) is 38.8 Å². The molecule has 4 heterocycles. The van der Waals surface area contributed by atoms with Crippen molar-refractivity contribution in [3.63, 3.8) is 0 Å². The van der Waals surface area contributed by atoms with Crippen molar-refractivity contribution in [3.8, 4) is 0 Å². The normalized spacial score (nSPS) is 16.1. The van der Waals surface area contributed by atoms with Gasteiger partial charge < -0.3 is 16.5 Å². The zero-order chi connectivity index (χ0) is 19.0. The maximum absolute atomic E-state index is 12.7. The maximum Gasteiger partial charge on any atom is 0.329 e. The van der Waals surface area contributed by atoms with Crippen LogP contribution < -0.4 is 22.3 Å². The number of fused-ring (bicyclic) bond motifs is 3. The van der Waals surface area contributed by atoms with Crippen LogP contribution in [0.1, 0.15) is 24.6 Å². The molecular weight excluding hydrogens is 346 g/mol. The molecule has 0 bridgehead atoms. The Morgan fingerprint density at radius 1 is 1.30 bits per heavy atom. The molecule has 0 amide bonds. The Balaban J connectivity index is 2.12. The summed E-state index contributed by atoms with van der Waals surface area (Å²) in [5.74, 6) is 0.